The first-order valence-electron chi connectivity index (χ1n) is 16.3. The minimum atomic E-state index is -0.794. The molecular weight excluding hydrogens is 556 g/mol. The number of carbonyl (C=O) groups is 2. The number of ether oxygens (including phenoxy) is 2. The minimum absolute atomic E-state index is 0.0191. The number of carboxylic acids is 1. The van der Waals surface area contributed by atoms with Crippen molar-refractivity contribution in [1.82, 2.24) is 10.2 Å². The van der Waals surface area contributed by atoms with Crippen molar-refractivity contribution in [3.05, 3.63) is 70.8 Å². The zero-order valence-corrected chi connectivity index (χ0v) is 26.6. The van der Waals surface area contributed by atoms with Gasteiger partial charge in [-0.15, -0.1) is 0 Å². The Morgan fingerprint density at radius 2 is 1.59 bits per heavy atom. The second kappa shape index (κ2) is 14.1. The number of hydrogen-bond donors (Lipinski definition) is 3. The molecule has 0 spiro atoms. The summed E-state index contributed by atoms with van der Waals surface area (Å²) in [4.78, 5) is 25.6. The van der Waals surface area contributed by atoms with Crippen LogP contribution in [0.2, 0.25) is 0 Å². The molecule has 2 saturated heterocycles. The minimum Gasteiger partial charge on any atom is -0.481 e. The Bertz CT molecular complexity index is 1260. The fourth-order valence-electron chi connectivity index (χ4n) is 7.90. The van der Waals surface area contributed by atoms with E-state index in [9.17, 15) is 14.7 Å². The number of aliphatic hydroxyl groups is 1. The highest BCUT2D eigenvalue weighted by Crippen LogP contribution is 2.53. The summed E-state index contributed by atoms with van der Waals surface area (Å²) in [5.41, 5.74) is 4.66. The van der Waals surface area contributed by atoms with E-state index in [-0.39, 0.29) is 31.1 Å². The predicted octanol–water partition coefficient (Wildman–Crippen LogP) is 6.28. The Kier molecular flexibility index (Phi) is 10.5. The molecular formula is C36H50N2O6. The number of nitrogens with one attached hydrogen (secondary N) is 1. The van der Waals surface area contributed by atoms with Crippen LogP contribution in [0, 0.1) is 10.8 Å². The molecule has 3 fully saturated rings. The van der Waals surface area contributed by atoms with Crippen molar-refractivity contribution in [1.29, 1.82) is 0 Å². The first-order valence-corrected chi connectivity index (χ1v) is 16.3. The van der Waals surface area contributed by atoms with Crippen molar-refractivity contribution in [2.45, 2.75) is 116 Å². The van der Waals surface area contributed by atoms with E-state index >= 15 is 0 Å². The number of likely N-dealkylation sites (tertiary alicyclic amines) is 1. The Hall–Kier alpha value is -2.78. The highest BCUT2D eigenvalue weighted by Gasteiger charge is 2.50. The largest absolute Gasteiger partial charge is 0.481 e. The van der Waals surface area contributed by atoms with Gasteiger partial charge in [0.1, 0.15) is 0 Å². The van der Waals surface area contributed by atoms with Gasteiger partial charge in [0.05, 0.1) is 18.8 Å². The molecule has 5 rings (SSSR count). The fourth-order valence-corrected chi connectivity index (χ4v) is 7.90. The molecule has 3 N–H and O–H groups in total. The number of carbonyl (C=O) groups excluding carboxylic acids is 1. The summed E-state index contributed by atoms with van der Waals surface area (Å²) in [6.07, 6.45) is 6.51. The highest BCUT2D eigenvalue weighted by molar-refractivity contribution is 5.75. The first-order chi connectivity index (χ1) is 21.0. The molecule has 1 amide bonds. The van der Waals surface area contributed by atoms with Gasteiger partial charge in [-0.25, -0.2) is 0 Å². The molecule has 0 aromatic heterocycles. The number of unbranched alkanes of at least 4 members (excludes halogenated alkanes) is 2. The summed E-state index contributed by atoms with van der Waals surface area (Å²) in [6.45, 7) is 9.74. The van der Waals surface area contributed by atoms with Crippen LogP contribution in [0.5, 0.6) is 0 Å². The van der Waals surface area contributed by atoms with E-state index in [0.717, 1.165) is 48.2 Å². The van der Waals surface area contributed by atoms with E-state index in [1.54, 1.807) is 0 Å². The fraction of sp³-hybridized carbons (Fsp3) is 0.611. The number of aliphatic hydroxyl groups excluding tert-OH is 1. The molecule has 2 aliphatic heterocycles. The smallest absolute Gasteiger partial charge is 0.303 e. The summed E-state index contributed by atoms with van der Waals surface area (Å²) < 4.78 is 13.2. The first kappa shape index (κ1) is 32.6. The van der Waals surface area contributed by atoms with Gasteiger partial charge in [0.25, 0.3) is 0 Å². The molecule has 3 aliphatic rings. The molecule has 2 heterocycles. The Balaban J connectivity index is 1.22. The van der Waals surface area contributed by atoms with Gasteiger partial charge >= 0.3 is 5.97 Å². The van der Waals surface area contributed by atoms with Gasteiger partial charge in [-0.3, -0.25) is 14.5 Å². The number of hydrogen-bond acceptors (Lipinski definition) is 6. The van der Waals surface area contributed by atoms with Crippen LogP contribution in [0.1, 0.15) is 113 Å². The predicted molar refractivity (Wildman–Crippen MR) is 169 cm³/mol. The molecule has 8 nitrogen and oxygen atoms in total. The number of rotatable bonds is 13. The van der Waals surface area contributed by atoms with E-state index in [1.165, 1.54) is 19.3 Å². The number of benzene rings is 2. The number of carboxylic acid groups (broad SMARTS) is 1. The maximum Gasteiger partial charge on any atom is 0.303 e. The van der Waals surface area contributed by atoms with Gasteiger partial charge < -0.3 is 25.0 Å². The van der Waals surface area contributed by atoms with Crippen LogP contribution >= 0.6 is 0 Å². The lowest BCUT2D eigenvalue weighted by molar-refractivity contribution is -0.253. The quantitative estimate of drug-likeness (QED) is 0.231. The number of aliphatic carboxylic acids is 1. The van der Waals surface area contributed by atoms with Gasteiger partial charge in [-0.05, 0) is 59.6 Å². The third-order valence-corrected chi connectivity index (χ3v) is 9.61. The third kappa shape index (κ3) is 8.68. The van der Waals surface area contributed by atoms with Crippen LogP contribution in [0.25, 0.3) is 0 Å². The Labute approximate surface area is 262 Å². The average Bonchev–Trinajstić information content (AvgIpc) is 3.22. The van der Waals surface area contributed by atoms with Gasteiger partial charge in [0.15, 0.2) is 6.29 Å². The molecule has 5 atom stereocenters. The standard InChI is InChI=1S/C36H50N2O6/c1-35(2)18-29-19-36(3,23-35)24-38(29)21-30-17-31(27-13-11-26(22-39)12-14-27)44-34(43-30)28-15-9-25(10-16-28)20-37-32(40)7-5-4-6-8-33(41)42/h9-16,29-31,34,39H,4-8,17-24H2,1-3H3,(H,37,40)(H,41,42)/t29?,30-,31+,34+,36?/m1/s1. The van der Waals surface area contributed by atoms with Gasteiger partial charge in [-0.1, -0.05) is 75.7 Å². The molecule has 2 aromatic carbocycles. The van der Waals surface area contributed by atoms with E-state index < -0.39 is 12.3 Å². The van der Waals surface area contributed by atoms with Crippen molar-refractivity contribution in [3.8, 4) is 0 Å². The molecule has 0 radical (unpaired) electrons. The van der Waals surface area contributed by atoms with Crippen LogP contribution in [-0.2, 0) is 32.2 Å². The van der Waals surface area contributed by atoms with Crippen molar-refractivity contribution in [2.24, 2.45) is 10.8 Å². The van der Waals surface area contributed by atoms with Gasteiger partial charge in [0.2, 0.25) is 5.91 Å². The molecule has 1 aliphatic carbocycles. The SMILES string of the molecule is CC1(C)CC2CC(C)(CN2C[C@H]2C[C@@H](c3ccc(CO)cc3)O[C@@H](c3ccc(CNC(=O)CCCCCC(=O)O)cc3)O2)C1. The van der Waals surface area contributed by atoms with Crippen molar-refractivity contribution < 1.29 is 29.3 Å². The van der Waals surface area contributed by atoms with Crippen LogP contribution in [-0.4, -0.2) is 52.2 Å². The monoisotopic (exact) mass is 606 g/mol. The third-order valence-electron chi connectivity index (χ3n) is 9.61. The molecule has 240 valence electrons. The Morgan fingerprint density at radius 3 is 2.30 bits per heavy atom. The lowest BCUT2D eigenvalue weighted by Crippen LogP contribution is -2.42. The van der Waals surface area contributed by atoms with Gasteiger partial charge in [0, 0.05) is 50.5 Å². The second-order valence-electron chi connectivity index (χ2n) is 14.5. The lowest BCUT2D eigenvalue weighted by Gasteiger charge is -2.41. The van der Waals surface area contributed by atoms with Crippen LogP contribution in [0.4, 0.5) is 0 Å². The summed E-state index contributed by atoms with van der Waals surface area (Å²) in [5, 5.41) is 21.2. The molecule has 1 saturated carbocycles. The topological polar surface area (TPSA) is 108 Å². The highest BCUT2D eigenvalue weighted by atomic mass is 16.7. The van der Waals surface area contributed by atoms with Crippen molar-refractivity contribution in [3.63, 3.8) is 0 Å². The van der Waals surface area contributed by atoms with Crippen LogP contribution in [0.3, 0.4) is 0 Å². The van der Waals surface area contributed by atoms with Crippen LogP contribution in [0.15, 0.2) is 48.5 Å². The number of amides is 1. The van der Waals surface area contributed by atoms with E-state index in [0.29, 0.717) is 42.7 Å². The van der Waals surface area contributed by atoms with Gasteiger partial charge in [-0.2, -0.15) is 0 Å². The zero-order chi connectivity index (χ0) is 31.3. The van der Waals surface area contributed by atoms with E-state index in [1.807, 2.05) is 36.4 Å². The van der Waals surface area contributed by atoms with E-state index in [4.69, 9.17) is 14.6 Å². The number of fused-ring (bicyclic) bond motifs is 2. The maximum atomic E-state index is 12.3. The maximum absolute atomic E-state index is 12.3. The van der Waals surface area contributed by atoms with Crippen molar-refractivity contribution >= 4 is 11.9 Å². The number of nitrogens with zero attached hydrogens (tertiary/aromatic N) is 1. The summed E-state index contributed by atoms with van der Waals surface area (Å²) in [5.74, 6) is -0.818. The second-order valence-corrected chi connectivity index (χ2v) is 14.5. The average molecular weight is 607 g/mol. The molecule has 2 bridgehead atoms. The molecule has 8 heteroatoms. The van der Waals surface area contributed by atoms with Crippen LogP contribution < -0.4 is 5.32 Å². The zero-order valence-electron chi connectivity index (χ0n) is 26.6. The molecule has 44 heavy (non-hydrogen) atoms. The Morgan fingerprint density at radius 1 is 0.909 bits per heavy atom. The van der Waals surface area contributed by atoms with Crippen molar-refractivity contribution in [2.75, 3.05) is 13.1 Å². The summed E-state index contributed by atoms with van der Waals surface area (Å²) in [6, 6.07) is 16.7. The normalized spacial score (nSPS) is 28.1. The molecule has 2 unspecified atom stereocenters. The summed E-state index contributed by atoms with van der Waals surface area (Å²) in [7, 11) is 0. The molecule has 2 aromatic rings. The lowest BCUT2D eigenvalue weighted by atomic mass is 9.65. The summed E-state index contributed by atoms with van der Waals surface area (Å²) >= 11 is 0. The van der Waals surface area contributed by atoms with E-state index in [2.05, 4.69) is 43.1 Å².